The van der Waals surface area contributed by atoms with E-state index in [2.05, 4.69) is 27.2 Å². The topological polar surface area (TPSA) is 118 Å². The van der Waals surface area contributed by atoms with Crippen LogP contribution in [0.4, 0.5) is 17.1 Å². The summed E-state index contributed by atoms with van der Waals surface area (Å²) in [5.74, 6) is 0.167. The van der Waals surface area contributed by atoms with Gasteiger partial charge >= 0.3 is 0 Å². The van der Waals surface area contributed by atoms with Crippen LogP contribution in [0.15, 0.2) is 89.3 Å². The Bertz CT molecular complexity index is 1030. The van der Waals surface area contributed by atoms with Crippen molar-refractivity contribution in [3.05, 3.63) is 84.8 Å². The minimum Gasteiger partial charge on any atom is -0.399 e. The third kappa shape index (κ3) is 7.12. The average Bonchev–Trinajstić information content (AvgIpc) is 2.72. The van der Waals surface area contributed by atoms with Crippen molar-refractivity contribution in [1.82, 2.24) is 0 Å². The quantitative estimate of drug-likeness (QED) is 0.392. The standard InChI is InChI=1S/C23H26N6O/c1-4-12-26-16(2)23(30)29-20-9-5-7-18(14-20)22(25)11-13-27-17(3)28-21-10-6-8-19(24)15-21/h4-15,28H,3,24-25H2,1-2H3,(H,29,30)/b12-4-,22-11-,26-16+,27-13-. The summed E-state index contributed by atoms with van der Waals surface area (Å²) in [5, 5.41) is 5.84. The zero-order valence-corrected chi connectivity index (χ0v) is 17.1. The molecule has 0 heterocycles. The van der Waals surface area contributed by atoms with Gasteiger partial charge in [-0.05, 0) is 55.8 Å². The highest BCUT2D eigenvalue weighted by molar-refractivity contribution is 6.42. The van der Waals surface area contributed by atoms with Gasteiger partial charge < -0.3 is 22.1 Å². The van der Waals surface area contributed by atoms with Crippen molar-refractivity contribution in [2.75, 3.05) is 16.4 Å². The minimum absolute atomic E-state index is 0.279. The van der Waals surface area contributed by atoms with Crippen molar-refractivity contribution in [2.24, 2.45) is 15.7 Å². The summed E-state index contributed by atoms with van der Waals surface area (Å²) in [6, 6.07) is 14.5. The number of benzene rings is 2. The normalized spacial score (nSPS) is 12.3. The first-order valence-corrected chi connectivity index (χ1v) is 9.27. The molecule has 0 aliphatic rings. The van der Waals surface area contributed by atoms with Crippen molar-refractivity contribution in [3.63, 3.8) is 0 Å². The van der Waals surface area contributed by atoms with Gasteiger partial charge in [0, 0.05) is 35.2 Å². The van der Waals surface area contributed by atoms with E-state index in [1.807, 2.05) is 31.2 Å². The SMILES string of the molecule is C=C(/N=C\C=C(/N)c1cccc(NC(=O)/C(C)=N/C=C\C)c1)Nc1cccc(N)c1. The van der Waals surface area contributed by atoms with E-state index in [-0.39, 0.29) is 5.91 Å². The van der Waals surface area contributed by atoms with Crippen LogP contribution in [0.2, 0.25) is 0 Å². The Morgan fingerprint density at radius 1 is 1.10 bits per heavy atom. The summed E-state index contributed by atoms with van der Waals surface area (Å²) < 4.78 is 0. The van der Waals surface area contributed by atoms with Gasteiger partial charge in [0.05, 0.1) is 0 Å². The number of hydrogen-bond acceptors (Lipinski definition) is 6. The van der Waals surface area contributed by atoms with E-state index in [0.717, 1.165) is 11.3 Å². The molecule has 0 unspecified atom stereocenters. The predicted molar refractivity (Wildman–Crippen MR) is 127 cm³/mol. The van der Waals surface area contributed by atoms with Gasteiger partial charge in [0.25, 0.3) is 5.91 Å². The molecule has 0 bridgehead atoms. The van der Waals surface area contributed by atoms with E-state index in [4.69, 9.17) is 11.5 Å². The fourth-order valence-corrected chi connectivity index (χ4v) is 2.36. The Balaban J connectivity index is 2.02. The van der Waals surface area contributed by atoms with Gasteiger partial charge in [0.15, 0.2) is 0 Å². The number of aliphatic imine (C=N–C) groups is 2. The number of hydrogen-bond donors (Lipinski definition) is 4. The lowest BCUT2D eigenvalue weighted by Crippen LogP contribution is -2.20. The van der Waals surface area contributed by atoms with Crippen LogP contribution >= 0.6 is 0 Å². The molecule has 0 atom stereocenters. The van der Waals surface area contributed by atoms with Crippen molar-refractivity contribution in [2.45, 2.75) is 13.8 Å². The van der Waals surface area contributed by atoms with E-state index in [1.165, 1.54) is 0 Å². The van der Waals surface area contributed by atoms with Crippen molar-refractivity contribution in [1.29, 1.82) is 0 Å². The molecule has 0 saturated carbocycles. The Morgan fingerprint density at radius 2 is 1.80 bits per heavy atom. The summed E-state index contributed by atoms with van der Waals surface area (Å²) >= 11 is 0. The summed E-state index contributed by atoms with van der Waals surface area (Å²) in [4.78, 5) is 20.4. The summed E-state index contributed by atoms with van der Waals surface area (Å²) in [6.07, 6.45) is 6.53. The highest BCUT2D eigenvalue weighted by Gasteiger charge is 2.06. The molecular weight excluding hydrogens is 376 g/mol. The molecule has 154 valence electrons. The Kier molecular flexibility index (Phi) is 8.14. The molecule has 30 heavy (non-hydrogen) atoms. The van der Waals surface area contributed by atoms with Crippen LogP contribution in [-0.4, -0.2) is 17.8 Å². The number of carbonyl (C=O) groups excluding carboxylic acids is 1. The van der Waals surface area contributed by atoms with Crippen LogP contribution in [0.1, 0.15) is 19.4 Å². The van der Waals surface area contributed by atoms with Crippen LogP contribution in [0.25, 0.3) is 5.70 Å². The number of nitrogens with two attached hydrogens (primary N) is 2. The second-order valence-electron chi connectivity index (χ2n) is 6.33. The molecule has 2 aromatic carbocycles. The molecule has 0 aliphatic carbocycles. The molecule has 0 spiro atoms. The second-order valence-corrected chi connectivity index (χ2v) is 6.33. The molecule has 1 amide bonds. The summed E-state index contributed by atoms with van der Waals surface area (Å²) in [5.41, 5.74) is 15.6. The number of anilines is 3. The van der Waals surface area contributed by atoms with Gasteiger partial charge in [-0.2, -0.15) is 0 Å². The zero-order valence-electron chi connectivity index (χ0n) is 17.1. The molecule has 7 nitrogen and oxygen atoms in total. The maximum Gasteiger partial charge on any atom is 0.269 e. The molecule has 7 heteroatoms. The van der Waals surface area contributed by atoms with E-state index in [0.29, 0.717) is 28.6 Å². The molecule has 0 aromatic heterocycles. The second kappa shape index (κ2) is 11.0. The largest absolute Gasteiger partial charge is 0.399 e. The van der Waals surface area contributed by atoms with Crippen LogP contribution in [0.5, 0.6) is 0 Å². The van der Waals surface area contributed by atoms with Crippen LogP contribution < -0.4 is 22.1 Å². The Morgan fingerprint density at radius 3 is 2.50 bits per heavy atom. The number of carbonyl (C=O) groups is 1. The van der Waals surface area contributed by atoms with E-state index < -0.39 is 0 Å². The smallest absolute Gasteiger partial charge is 0.269 e. The monoisotopic (exact) mass is 402 g/mol. The van der Waals surface area contributed by atoms with Crippen molar-refractivity contribution >= 4 is 40.6 Å². The molecule has 0 aliphatic heterocycles. The van der Waals surface area contributed by atoms with Crippen molar-refractivity contribution < 1.29 is 4.79 Å². The number of amides is 1. The van der Waals surface area contributed by atoms with E-state index in [9.17, 15) is 4.79 Å². The minimum atomic E-state index is -0.279. The average molecular weight is 403 g/mol. The third-order valence-electron chi connectivity index (χ3n) is 3.86. The first kappa shape index (κ1) is 22.2. The zero-order chi connectivity index (χ0) is 21.9. The van der Waals surface area contributed by atoms with Crippen LogP contribution in [0, 0.1) is 0 Å². The molecule has 2 rings (SSSR count). The van der Waals surface area contributed by atoms with Crippen molar-refractivity contribution in [3.8, 4) is 0 Å². The first-order chi connectivity index (χ1) is 14.4. The summed E-state index contributed by atoms with van der Waals surface area (Å²) in [7, 11) is 0. The van der Waals surface area contributed by atoms with Gasteiger partial charge in [-0.1, -0.05) is 30.9 Å². The van der Waals surface area contributed by atoms with Gasteiger partial charge in [-0.25, -0.2) is 4.99 Å². The van der Waals surface area contributed by atoms with Gasteiger partial charge in [-0.3, -0.25) is 9.79 Å². The maximum absolute atomic E-state index is 12.2. The fourth-order valence-electron chi connectivity index (χ4n) is 2.36. The third-order valence-corrected chi connectivity index (χ3v) is 3.86. The Labute approximate surface area is 176 Å². The number of rotatable bonds is 8. The first-order valence-electron chi connectivity index (χ1n) is 9.27. The number of nitrogen functional groups attached to an aromatic ring is 1. The van der Waals surface area contributed by atoms with Crippen LogP contribution in [-0.2, 0) is 4.79 Å². The molecule has 2 aromatic rings. The highest BCUT2D eigenvalue weighted by Crippen LogP contribution is 2.16. The lowest BCUT2D eigenvalue weighted by atomic mass is 10.1. The molecular formula is C23H26N6O. The highest BCUT2D eigenvalue weighted by atomic mass is 16.1. The van der Waals surface area contributed by atoms with Gasteiger partial charge in [0.1, 0.15) is 11.5 Å². The van der Waals surface area contributed by atoms with Gasteiger partial charge in [0.2, 0.25) is 0 Å². The number of nitrogens with zero attached hydrogens (tertiary/aromatic N) is 2. The van der Waals surface area contributed by atoms with E-state index in [1.54, 1.807) is 55.8 Å². The lowest BCUT2D eigenvalue weighted by molar-refractivity contribution is -0.110. The predicted octanol–water partition coefficient (Wildman–Crippen LogP) is 4.16. The van der Waals surface area contributed by atoms with E-state index >= 15 is 0 Å². The number of allylic oxidation sites excluding steroid dienone is 2. The Hall–Kier alpha value is -4.13. The molecule has 0 fully saturated rings. The van der Waals surface area contributed by atoms with Gasteiger partial charge in [-0.15, -0.1) is 0 Å². The maximum atomic E-state index is 12.2. The lowest BCUT2D eigenvalue weighted by Gasteiger charge is -2.07. The summed E-state index contributed by atoms with van der Waals surface area (Å²) in [6.45, 7) is 7.33. The molecule has 0 saturated heterocycles. The van der Waals surface area contributed by atoms with Crippen LogP contribution in [0.3, 0.4) is 0 Å². The molecule has 6 N–H and O–H groups in total. The molecule has 0 radical (unpaired) electrons. The fraction of sp³-hybridized carbons (Fsp3) is 0.0870. The number of nitrogens with one attached hydrogen (secondary N) is 2.